The first kappa shape index (κ1) is 17.0. The van der Waals surface area contributed by atoms with Crippen LogP contribution in [0.2, 0.25) is 5.02 Å². The molecule has 3 N–H and O–H groups in total. The number of hydrogen-bond acceptors (Lipinski definition) is 4. The van der Waals surface area contributed by atoms with Gasteiger partial charge in [-0.2, -0.15) is 0 Å². The van der Waals surface area contributed by atoms with Crippen LogP contribution >= 0.6 is 11.6 Å². The Bertz CT molecular complexity index is 910. The predicted octanol–water partition coefficient (Wildman–Crippen LogP) is 2.37. The fourth-order valence-corrected chi connectivity index (χ4v) is 5.52. The quantitative estimate of drug-likeness (QED) is 0.866. The van der Waals surface area contributed by atoms with Crippen molar-refractivity contribution in [1.82, 2.24) is 0 Å². The maximum Gasteiger partial charge on any atom is 0.325 e. The highest BCUT2D eigenvalue weighted by Crippen LogP contribution is 2.56. The topological polar surface area (TPSA) is 97.5 Å². The lowest BCUT2D eigenvalue weighted by molar-refractivity contribution is -0.139. The van der Waals surface area contributed by atoms with Crippen molar-refractivity contribution in [3.63, 3.8) is 0 Å². The van der Waals surface area contributed by atoms with Gasteiger partial charge in [-0.1, -0.05) is 41.4 Å². The normalized spacial score (nSPS) is 26.1. The van der Waals surface area contributed by atoms with Gasteiger partial charge in [0.2, 0.25) is 0 Å². The van der Waals surface area contributed by atoms with Gasteiger partial charge in [-0.25, -0.2) is 8.42 Å². The molecule has 1 fully saturated rings. The summed E-state index contributed by atoms with van der Waals surface area (Å²) < 4.78 is 25.8. The van der Waals surface area contributed by atoms with E-state index in [9.17, 15) is 18.3 Å². The smallest absolute Gasteiger partial charge is 0.325 e. The zero-order chi connectivity index (χ0) is 17.7. The molecule has 0 bridgehead atoms. The van der Waals surface area contributed by atoms with Crippen molar-refractivity contribution in [3.05, 3.63) is 64.7 Å². The molecule has 1 aliphatic rings. The molecule has 7 heteroatoms. The molecule has 3 rings (SSSR count). The molecular weight excluding hydrogens is 350 g/mol. The summed E-state index contributed by atoms with van der Waals surface area (Å²) in [6.45, 7) is 1.84. The molecule has 1 saturated carbocycles. The van der Waals surface area contributed by atoms with Crippen molar-refractivity contribution in [2.75, 3.05) is 0 Å². The second kappa shape index (κ2) is 5.58. The Morgan fingerprint density at radius 1 is 1.21 bits per heavy atom. The van der Waals surface area contributed by atoms with Crippen LogP contribution in [0.15, 0.2) is 53.4 Å². The van der Waals surface area contributed by atoms with E-state index in [1.54, 1.807) is 36.4 Å². The molecule has 0 radical (unpaired) electrons. The molecule has 3 unspecified atom stereocenters. The zero-order valence-corrected chi connectivity index (χ0v) is 14.4. The van der Waals surface area contributed by atoms with Crippen LogP contribution in [0, 0.1) is 6.92 Å². The highest BCUT2D eigenvalue weighted by molar-refractivity contribution is 7.92. The molecule has 0 aromatic heterocycles. The standard InChI is InChI=1S/C17H16ClNO4S/c1-10-5-7-13(8-6-10)24(22,23)15-14(17(15,19)16(20)21)11-3-2-4-12(18)9-11/h2-9,14-15H,19H2,1H3,(H,20,21). The molecule has 2 aromatic carbocycles. The number of carboxylic acid groups (broad SMARTS) is 1. The molecular formula is C17H16ClNO4S. The average Bonchev–Trinajstić information content (AvgIpc) is 3.17. The number of sulfone groups is 1. The van der Waals surface area contributed by atoms with E-state index in [2.05, 4.69) is 0 Å². The molecule has 126 valence electrons. The lowest BCUT2D eigenvalue weighted by atomic mass is 10.1. The Kier molecular flexibility index (Phi) is 3.94. The first-order valence-corrected chi connectivity index (χ1v) is 9.19. The number of halogens is 1. The van der Waals surface area contributed by atoms with Gasteiger partial charge < -0.3 is 10.8 Å². The third-order valence-corrected chi connectivity index (χ3v) is 6.94. The number of aryl methyl sites for hydroxylation is 1. The SMILES string of the molecule is Cc1ccc(S(=O)(=O)C2C(c3cccc(Cl)c3)C2(N)C(=O)O)cc1. The van der Waals surface area contributed by atoms with Crippen LogP contribution in [0.25, 0.3) is 0 Å². The summed E-state index contributed by atoms with van der Waals surface area (Å²) in [5.41, 5.74) is 5.54. The van der Waals surface area contributed by atoms with E-state index in [-0.39, 0.29) is 4.90 Å². The predicted molar refractivity (Wildman–Crippen MR) is 90.9 cm³/mol. The molecule has 3 atom stereocenters. The minimum atomic E-state index is -3.89. The van der Waals surface area contributed by atoms with Gasteiger partial charge in [0.05, 0.1) is 4.90 Å². The van der Waals surface area contributed by atoms with E-state index >= 15 is 0 Å². The van der Waals surface area contributed by atoms with Gasteiger partial charge in [-0.15, -0.1) is 0 Å². The molecule has 0 saturated heterocycles. The van der Waals surface area contributed by atoms with Gasteiger partial charge in [0, 0.05) is 10.9 Å². The van der Waals surface area contributed by atoms with Gasteiger partial charge in [0.15, 0.2) is 9.84 Å². The summed E-state index contributed by atoms with van der Waals surface area (Å²) in [5.74, 6) is -2.19. The Morgan fingerprint density at radius 3 is 2.38 bits per heavy atom. The van der Waals surface area contributed by atoms with Gasteiger partial charge in [0.25, 0.3) is 0 Å². The molecule has 1 aliphatic carbocycles. The minimum Gasteiger partial charge on any atom is -0.480 e. The Morgan fingerprint density at radius 2 is 1.83 bits per heavy atom. The maximum absolute atomic E-state index is 12.9. The molecule has 5 nitrogen and oxygen atoms in total. The van der Waals surface area contributed by atoms with Crippen LogP contribution in [-0.4, -0.2) is 30.3 Å². The summed E-state index contributed by atoms with van der Waals surface area (Å²) in [5, 5.41) is 8.68. The van der Waals surface area contributed by atoms with Crippen molar-refractivity contribution < 1.29 is 18.3 Å². The number of hydrogen-bond donors (Lipinski definition) is 2. The van der Waals surface area contributed by atoms with Gasteiger partial charge in [-0.3, -0.25) is 4.79 Å². The van der Waals surface area contributed by atoms with Crippen molar-refractivity contribution in [2.24, 2.45) is 5.73 Å². The van der Waals surface area contributed by atoms with Crippen LogP contribution in [0.3, 0.4) is 0 Å². The maximum atomic E-state index is 12.9. The largest absolute Gasteiger partial charge is 0.480 e. The monoisotopic (exact) mass is 365 g/mol. The van der Waals surface area contributed by atoms with E-state index in [1.807, 2.05) is 6.92 Å². The third-order valence-electron chi connectivity index (χ3n) is 4.44. The van der Waals surface area contributed by atoms with Gasteiger partial charge in [-0.05, 0) is 36.8 Å². The van der Waals surface area contributed by atoms with Crippen molar-refractivity contribution in [3.8, 4) is 0 Å². The number of rotatable bonds is 4. The molecule has 0 aliphatic heterocycles. The first-order valence-electron chi connectivity index (χ1n) is 7.27. The molecule has 0 amide bonds. The highest BCUT2D eigenvalue weighted by Gasteiger charge is 2.74. The van der Waals surface area contributed by atoms with Crippen LogP contribution in [0.4, 0.5) is 0 Å². The summed E-state index contributed by atoms with van der Waals surface area (Å²) in [4.78, 5) is 11.7. The molecule has 0 heterocycles. The number of nitrogens with two attached hydrogens (primary N) is 1. The summed E-state index contributed by atoms with van der Waals surface area (Å²) >= 11 is 5.95. The number of aliphatic carboxylic acids is 1. The third kappa shape index (κ3) is 2.51. The summed E-state index contributed by atoms with van der Waals surface area (Å²) in [6.07, 6.45) is 0. The average molecular weight is 366 g/mol. The zero-order valence-electron chi connectivity index (χ0n) is 12.8. The van der Waals surface area contributed by atoms with Crippen LogP contribution in [0.1, 0.15) is 17.0 Å². The Labute approximate surface area is 145 Å². The molecule has 2 aromatic rings. The second-order valence-electron chi connectivity index (χ2n) is 6.05. The highest BCUT2D eigenvalue weighted by atomic mass is 35.5. The summed E-state index contributed by atoms with van der Waals surface area (Å²) in [7, 11) is -3.89. The van der Waals surface area contributed by atoms with Crippen molar-refractivity contribution in [2.45, 2.75) is 28.5 Å². The second-order valence-corrected chi connectivity index (χ2v) is 8.56. The van der Waals surface area contributed by atoms with Gasteiger partial charge in [0.1, 0.15) is 10.8 Å². The number of carbonyl (C=O) groups is 1. The van der Waals surface area contributed by atoms with Crippen LogP contribution in [-0.2, 0) is 14.6 Å². The first-order chi connectivity index (χ1) is 11.2. The van der Waals surface area contributed by atoms with Crippen LogP contribution < -0.4 is 5.73 Å². The van der Waals surface area contributed by atoms with E-state index < -0.39 is 32.5 Å². The van der Waals surface area contributed by atoms with E-state index in [0.29, 0.717) is 10.6 Å². The molecule has 24 heavy (non-hydrogen) atoms. The van der Waals surface area contributed by atoms with E-state index in [4.69, 9.17) is 17.3 Å². The Balaban J connectivity index is 2.08. The Hall–Kier alpha value is -1.89. The fourth-order valence-electron chi connectivity index (χ4n) is 3.09. The summed E-state index contributed by atoms with van der Waals surface area (Å²) in [6, 6.07) is 12.8. The fraction of sp³-hybridized carbons (Fsp3) is 0.235. The number of benzene rings is 2. The lowest BCUT2D eigenvalue weighted by Crippen LogP contribution is -2.39. The van der Waals surface area contributed by atoms with Crippen molar-refractivity contribution >= 4 is 27.4 Å². The van der Waals surface area contributed by atoms with E-state index in [0.717, 1.165) is 5.56 Å². The van der Waals surface area contributed by atoms with Gasteiger partial charge >= 0.3 is 5.97 Å². The minimum absolute atomic E-state index is 0.0682. The lowest BCUT2D eigenvalue weighted by Gasteiger charge is -2.07. The van der Waals surface area contributed by atoms with Crippen molar-refractivity contribution in [1.29, 1.82) is 0 Å². The molecule has 0 spiro atoms. The number of carboxylic acids is 1. The van der Waals surface area contributed by atoms with E-state index in [1.165, 1.54) is 12.1 Å². The van der Waals surface area contributed by atoms with Crippen LogP contribution in [0.5, 0.6) is 0 Å².